The van der Waals surface area contributed by atoms with Crippen molar-refractivity contribution < 1.29 is 19.6 Å². The van der Waals surface area contributed by atoms with Crippen LogP contribution in [0.2, 0.25) is 0 Å². The van der Waals surface area contributed by atoms with E-state index in [4.69, 9.17) is 0 Å². The fourth-order valence-corrected chi connectivity index (χ4v) is 3.11. The standard InChI is InChI=1S/C20H18BN3O4S/c1-29-17-4-2-3-15(10-17)23-16-6-8-19(22-11-16)24-20(26)13-5-7-18(21(27)28)14(9-13)12-25/h2-12,23,27-28H,1H3,(H,22,24,26). The Morgan fingerprint density at radius 3 is 2.59 bits per heavy atom. The number of pyridine rings is 1. The lowest BCUT2D eigenvalue weighted by Crippen LogP contribution is -2.33. The zero-order valence-corrected chi connectivity index (χ0v) is 16.3. The maximum absolute atomic E-state index is 12.4. The average molecular weight is 407 g/mol. The van der Waals surface area contributed by atoms with Gasteiger partial charge in [-0.25, -0.2) is 4.98 Å². The number of aldehydes is 1. The molecule has 0 aliphatic carbocycles. The Bertz CT molecular complexity index is 1030. The minimum absolute atomic E-state index is 0.0348. The van der Waals surface area contributed by atoms with Crippen molar-refractivity contribution in [1.29, 1.82) is 0 Å². The Morgan fingerprint density at radius 1 is 1.10 bits per heavy atom. The average Bonchev–Trinajstić information content (AvgIpc) is 2.74. The third kappa shape index (κ3) is 5.23. The van der Waals surface area contributed by atoms with E-state index in [-0.39, 0.29) is 16.6 Å². The lowest BCUT2D eigenvalue weighted by Gasteiger charge is -2.10. The van der Waals surface area contributed by atoms with E-state index in [0.717, 1.165) is 16.3 Å². The minimum atomic E-state index is -1.79. The molecule has 0 saturated heterocycles. The second-order valence-corrected chi connectivity index (χ2v) is 6.96. The maximum atomic E-state index is 12.4. The van der Waals surface area contributed by atoms with E-state index in [1.165, 1.54) is 18.2 Å². The van der Waals surface area contributed by atoms with Crippen LogP contribution >= 0.6 is 11.8 Å². The fraction of sp³-hybridized carbons (Fsp3) is 0.0500. The largest absolute Gasteiger partial charge is 0.489 e. The number of hydrogen-bond acceptors (Lipinski definition) is 7. The van der Waals surface area contributed by atoms with E-state index in [0.29, 0.717) is 12.1 Å². The highest BCUT2D eigenvalue weighted by Crippen LogP contribution is 2.22. The summed E-state index contributed by atoms with van der Waals surface area (Å²) in [6.07, 6.45) is 4.08. The van der Waals surface area contributed by atoms with Crippen LogP contribution in [-0.2, 0) is 0 Å². The molecule has 1 amide bonds. The lowest BCUT2D eigenvalue weighted by molar-refractivity contribution is 0.102. The van der Waals surface area contributed by atoms with Gasteiger partial charge in [0, 0.05) is 21.7 Å². The maximum Gasteiger partial charge on any atom is 0.489 e. The first-order valence-electron chi connectivity index (χ1n) is 8.64. The van der Waals surface area contributed by atoms with Gasteiger partial charge in [-0.1, -0.05) is 12.1 Å². The summed E-state index contributed by atoms with van der Waals surface area (Å²) in [6, 6.07) is 15.4. The fourth-order valence-electron chi connectivity index (χ4n) is 2.65. The normalized spacial score (nSPS) is 10.3. The van der Waals surface area contributed by atoms with Gasteiger partial charge in [0.05, 0.1) is 11.9 Å². The van der Waals surface area contributed by atoms with E-state index < -0.39 is 13.0 Å². The predicted molar refractivity (Wildman–Crippen MR) is 115 cm³/mol. The predicted octanol–water partition coefficient (Wildman–Crippen LogP) is 2.29. The molecule has 9 heteroatoms. The number of aromatic nitrogens is 1. The summed E-state index contributed by atoms with van der Waals surface area (Å²) in [5.74, 6) is -0.120. The second kappa shape index (κ2) is 9.38. The molecule has 0 spiro atoms. The summed E-state index contributed by atoms with van der Waals surface area (Å²) >= 11 is 1.65. The summed E-state index contributed by atoms with van der Waals surface area (Å²) < 4.78 is 0. The minimum Gasteiger partial charge on any atom is -0.423 e. The molecule has 0 saturated carbocycles. The SMILES string of the molecule is CSc1cccc(Nc2ccc(NC(=O)c3ccc(B(O)O)c(C=O)c3)nc2)c1. The summed E-state index contributed by atoms with van der Waals surface area (Å²) in [7, 11) is -1.79. The third-order valence-corrected chi connectivity index (χ3v) is 4.84. The Hall–Kier alpha value is -3.14. The summed E-state index contributed by atoms with van der Waals surface area (Å²) in [6.45, 7) is 0. The number of rotatable bonds is 7. The van der Waals surface area contributed by atoms with Gasteiger partial charge in [0.2, 0.25) is 0 Å². The molecule has 1 heterocycles. The monoisotopic (exact) mass is 407 g/mol. The van der Waals surface area contributed by atoms with Gasteiger partial charge in [-0.15, -0.1) is 11.8 Å². The van der Waals surface area contributed by atoms with Crippen LogP contribution in [0.5, 0.6) is 0 Å². The van der Waals surface area contributed by atoms with Gasteiger partial charge in [0.25, 0.3) is 5.91 Å². The molecule has 29 heavy (non-hydrogen) atoms. The quantitative estimate of drug-likeness (QED) is 0.270. The van der Waals surface area contributed by atoms with E-state index in [1.807, 2.05) is 30.5 Å². The number of anilines is 3. The van der Waals surface area contributed by atoms with Crippen molar-refractivity contribution in [2.75, 3.05) is 16.9 Å². The van der Waals surface area contributed by atoms with E-state index in [9.17, 15) is 19.6 Å². The van der Waals surface area contributed by atoms with Gasteiger partial charge in [0.1, 0.15) is 12.1 Å². The molecule has 2 aromatic carbocycles. The Balaban J connectivity index is 1.69. The molecule has 3 rings (SSSR count). The van der Waals surface area contributed by atoms with Crippen LogP contribution in [0.25, 0.3) is 0 Å². The van der Waals surface area contributed by atoms with Crippen molar-refractivity contribution in [2.45, 2.75) is 4.90 Å². The van der Waals surface area contributed by atoms with E-state index >= 15 is 0 Å². The molecule has 4 N–H and O–H groups in total. The molecule has 0 atom stereocenters. The molecule has 1 aromatic heterocycles. The molecule has 7 nitrogen and oxygen atoms in total. The molecule has 0 aliphatic rings. The van der Waals surface area contributed by atoms with Crippen LogP contribution in [0.4, 0.5) is 17.2 Å². The van der Waals surface area contributed by atoms with Crippen LogP contribution in [-0.4, -0.2) is 40.6 Å². The van der Waals surface area contributed by atoms with Gasteiger partial charge >= 0.3 is 7.12 Å². The molecular weight excluding hydrogens is 389 g/mol. The van der Waals surface area contributed by atoms with Crippen molar-refractivity contribution in [3.8, 4) is 0 Å². The Kier molecular flexibility index (Phi) is 6.66. The number of carbonyl (C=O) groups is 2. The van der Waals surface area contributed by atoms with Crippen molar-refractivity contribution >= 4 is 53.7 Å². The number of thioether (sulfide) groups is 1. The van der Waals surface area contributed by atoms with Crippen molar-refractivity contribution in [2.24, 2.45) is 0 Å². The highest BCUT2D eigenvalue weighted by Gasteiger charge is 2.18. The van der Waals surface area contributed by atoms with Gasteiger partial charge in [-0.3, -0.25) is 9.59 Å². The van der Waals surface area contributed by atoms with Crippen LogP contribution in [0.3, 0.4) is 0 Å². The van der Waals surface area contributed by atoms with Gasteiger partial charge in [-0.05, 0) is 54.2 Å². The topological polar surface area (TPSA) is 112 Å². The zero-order valence-electron chi connectivity index (χ0n) is 15.5. The van der Waals surface area contributed by atoms with Crippen LogP contribution in [0, 0.1) is 0 Å². The summed E-state index contributed by atoms with van der Waals surface area (Å²) in [5, 5.41) is 24.4. The first kappa shape index (κ1) is 20.6. The molecule has 3 aromatic rings. The number of amides is 1. The van der Waals surface area contributed by atoms with Gasteiger partial charge < -0.3 is 20.7 Å². The summed E-state index contributed by atoms with van der Waals surface area (Å²) in [4.78, 5) is 28.9. The number of nitrogens with zero attached hydrogens (tertiary/aromatic N) is 1. The molecular formula is C20H18BN3O4S. The number of nitrogens with one attached hydrogen (secondary N) is 2. The zero-order chi connectivity index (χ0) is 20.8. The second-order valence-electron chi connectivity index (χ2n) is 6.08. The number of benzene rings is 2. The number of carbonyl (C=O) groups excluding carboxylic acids is 2. The molecule has 0 unspecified atom stereocenters. The van der Waals surface area contributed by atoms with E-state index in [2.05, 4.69) is 15.6 Å². The van der Waals surface area contributed by atoms with Gasteiger partial charge in [-0.2, -0.15) is 0 Å². The Morgan fingerprint density at radius 2 is 1.93 bits per heavy atom. The van der Waals surface area contributed by atoms with Crippen molar-refractivity contribution in [1.82, 2.24) is 4.98 Å². The molecule has 146 valence electrons. The van der Waals surface area contributed by atoms with Crippen molar-refractivity contribution in [3.63, 3.8) is 0 Å². The van der Waals surface area contributed by atoms with Crippen LogP contribution in [0.1, 0.15) is 20.7 Å². The van der Waals surface area contributed by atoms with Crippen molar-refractivity contribution in [3.05, 3.63) is 71.9 Å². The first-order chi connectivity index (χ1) is 14.0. The molecule has 0 bridgehead atoms. The van der Waals surface area contributed by atoms with Crippen LogP contribution < -0.4 is 16.1 Å². The van der Waals surface area contributed by atoms with E-state index in [1.54, 1.807) is 30.1 Å². The first-order valence-corrected chi connectivity index (χ1v) is 9.86. The van der Waals surface area contributed by atoms with Crippen LogP contribution in [0.15, 0.2) is 65.7 Å². The molecule has 0 radical (unpaired) electrons. The smallest absolute Gasteiger partial charge is 0.423 e. The van der Waals surface area contributed by atoms with Gasteiger partial charge in [0.15, 0.2) is 0 Å². The lowest BCUT2D eigenvalue weighted by atomic mass is 9.77. The highest BCUT2D eigenvalue weighted by molar-refractivity contribution is 7.98. The molecule has 0 fully saturated rings. The number of hydrogen-bond donors (Lipinski definition) is 4. The molecule has 0 aliphatic heterocycles. The third-order valence-electron chi connectivity index (χ3n) is 4.12. The summed E-state index contributed by atoms with van der Waals surface area (Å²) in [5.41, 5.74) is 1.98. The Labute approximate surface area is 172 Å². The highest BCUT2D eigenvalue weighted by atomic mass is 32.2.